The second-order valence-electron chi connectivity index (χ2n) is 6.17. The lowest BCUT2D eigenvalue weighted by molar-refractivity contribution is -0.121. The molecule has 0 saturated carbocycles. The van der Waals surface area contributed by atoms with E-state index in [1.807, 2.05) is 25.1 Å². The third-order valence-electron chi connectivity index (χ3n) is 4.30. The van der Waals surface area contributed by atoms with Gasteiger partial charge in [0.1, 0.15) is 17.2 Å². The van der Waals surface area contributed by atoms with Gasteiger partial charge in [-0.1, -0.05) is 6.07 Å². The Balaban J connectivity index is 1.70. The van der Waals surface area contributed by atoms with Crippen molar-refractivity contribution in [2.75, 3.05) is 37.6 Å². The molecule has 0 saturated heterocycles. The fourth-order valence-electron chi connectivity index (χ4n) is 2.90. The van der Waals surface area contributed by atoms with Crippen LogP contribution in [-0.4, -0.2) is 39.2 Å². The summed E-state index contributed by atoms with van der Waals surface area (Å²) in [6, 6.07) is 10.8. The lowest BCUT2D eigenvalue weighted by Crippen LogP contribution is -2.40. The van der Waals surface area contributed by atoms with E-state index in [0.29, 0.717) is 28.6 Å². The number of ether oxygens (including phenoxy) is 3. The first-order valence-electron chi connectivity index (χ1n) is 8.57. The molecule has 0 aromatic heterocycles. The Kier molecular flexibility index (Phi) is 5.49. The van der Waals surface area contributed by atoms with Crippen LogP contribution in [-0.2, 0) is 9.59 Å². The van der Waals surface area contributed by atoms with E-state index in [9.17, 15) is 9.59 Å². The number of anilines is 2. The Morgan fingerprint density at radius 1 is 1.19 bits per heavy atom. The third-order valence-corrected chi connectivity index (χ3v) is 4.30. The van der Waals surface area contributed by atoms with Crippen molar-refractivity contribution in [3.05, 3.63) is 42.0 Å². The maximum absolute atomic E-state index is 12.4. The standard InChI is InChI=1S/C20H22N2O5/c1-13-4-6-18-16(10-13)22(20(24)12-27-18)9-8-19(23)21-15-11-14(25-2)5-7-17(15)26-3/h4-7,10-11H,8-9,12H2,1-3H3,(H,21,23). The number of hydrogen-bond acceptors (Lipinski definition) is 5. The number of fused-ring (bicyclic) bond motifs is 1. The van der Waals surface area contributed by atoms with Crippen LogP contribution in [0.3, 0.4) is 0 Å². The summed E-state index contributed by atoms with van der Waals surface area (Å²) >= 11 is 0. The van der Waals surface area contributed by atoms with Crippen molar-refractivity contribution < 1.29 is 23.8 Å². The van der Waals surface area contributed by atoms with Gasteiger partial charge in [0, 0.05) is 19.0 Å². The van der Waals surface area contributed by atoms with Crippen molar-refractivity contribution in [2.24, 2.45) is 0 Å². The van der Waals surface area contributed by atoms with Crippen LogP contribution >= 0.6 is 0 Å². The van der Waals surface area contributed by atoms with E-state index in [2.05, 4.69) is 5.32 Å². The topological polar surface area (TPSA) is 77.1 Å². The van der Waals surface area contributed by atoms with E-state index >= 15 is 0 Å². The molecule has 0 spiro atoms. The molecular weight excluding hydrogens is 348 g/mol. The lowest BCUT2D eigenvalue weighted by atomic mass is 10.1. The predicted molar refractivity (Wildman–Crippen MR) is 102 cm³/mol. The van der Waals surface area contributed by atoms with Crippen LogP contribution in [0.15, 0.2) is 36.4 Å². The van der Waals surface area contributed by atoms with E-state index in [4.69, 9.17) is 14.2 Å². The third kappa shape index (κ3) is 4.13. The Labute approximate surface area is 157 Å². The first-order valence-corrected chi connectivity index (χ1v) is 8.57. The monoisotopic (exact) mass is 370 g/mol. The first-order chi connectivity index (χ1) is 13.0. The number of carbonyl (C=O) groups excluding carboxylic acids is 2. The lowest BCUT2D eigenvalue weighted by Gasteiger charge is -2.29. The minimum absolute atomic E-state index is 0.0264. The van der Waals surface area contributed by atoms with Gasteiger partial charge in [-0.25, -0.2) is 0 Å². The van der Waals surface area contributed by atoms with Crippen molar-refractivity contribution in [1.82, 2.24) is 0 Å². The van der Waals surface area contributed by atoms with Crippen LogP contribution in [0.1, 0.15) is 12.0 Å². The minimum Gasteiger partial charge on any atom is -0.497 e. The summed E-state index contributed by atoms with van der Waals surface area (Å²) in [5.74, 6) is 1.40. The molecule has 0 atom stereocenters. The number of benzene rings is 2. The maximum Gasteiger partial charge on any atom is 0.265 e. The van der Waals surface area contributed by atoms with Gasteiger partial charge in [0.2, 0.25) is 5.91 Å². The van der Waals surface area contributed by atoms with Crippen molar-refractivity contribution in [2.45, 2.75) is 13.3 Å². The predicted octanol–water partition coefficient (Wildman–Crippen LogP) is 2.77. The van der Waals surface area contributed by atoms with Gasteiger partial charge in [0.15, 0.2) is 6.61 Å². The number of nitrogens with one attached hydrogen (secondary N) is 1. The Morgan fingerprint density at radius 2 is 2.00 bits per heavy atom. The van der Waals surface area contributed by atoms with E-state index in [1.165, 1.54) is 7.11 Å². The highest BCUT2D eigenvalue weighted by Crippen LogP contribution is 2.33. The average Bonchev–Trinajstić information content (AvgIpc) is 2.67. The minimum atomic E-state index is -0.227. The fraction of sp³-hybridized carbons (Fsp3) is 0.300. The Hall–Kier alpha value is -3.22. The van der Waals surface area contributed by atoms with Gasteiger partial charge in [0.05, 0.1) is 25.6 Å². The summed E-state index contributed by atoms with van der Waals surface area (Å²) in [7, 11) is 3.08. The van der Waals surface area contributed by atoms with Gasteiger partial charge in [-0.15, -0.1) is 0 Å². The molecule has 1 aliphatic heterocycles. The van der Waals surface area contributed by atoms with Crippen molar-refractivity contribution in [3.63, 3.8) is 0 Å². The molecule has 0 radical (unpaired) electrons. The summed E-state index contributed by atoms with van der Waals surface area (Å²) < 4.78 is 15.9. The molecule has 2 aromatic carbocycles. The number of carbonyl (C=O) groups is 2. The van der Waals surface area contributed by atoms with Crippen LogP contribution in [0.2, 0.25) is 0 Å². The number of methoxy groups -OCH3 is 2. The molecule has 0 bridgehead atoms. The Morgan fingerprint density at radius 3 is 2.74 bits per heavy atom. The summed E-state index contributed by atoms with van der Waals surface area (Å²) in [6.45, 7) is 2.18. The van der Waals surface area contributed by atoms with Crippen molar-refractivity contribution in [3.8, 4) is 17.2 Å². The molecule has 0 fully saturated rings. The number of rotatable bonds is 6. The molecule has 2 amide bonds. The van der Waals surface area contributed by atoms with E-state index in [1.54, 1.807) is 30.2 Å². The van der Waals surface area contributed by atoms with Gasteiger partial charge in [-0.2, -0.15) is 0 Å². The molecule has 1 aliphatic rings. The van der Waals surface area contributed by atoms with Crippen molar-refractivity contribution >= 4 is 23.2 Å². The summed E-state index contributed by atoms with van der Waals surface area (Å²) in [5.41, 5.74) is 2.23. The zero-order chi connectivity index (χ0) is 19.4. The number of nitrogens with zero attached hydrogens (tertiary/aromatic N) is 1. The van der Waals surface area contributed by atoms with Crippen LogP contribution in [0, 0.1) is 6.92 Å². The molecule has 3 rings (SSSR count). The smallest absolute Gasteiger partial charge is 0.265 e. The highest BCUT2D eigenvalue weighted by molar-refractivity contribution is 5.99. The van der Waals surface area contributed by atoms with Gasteiger partial charge in [-0.3, -0.25) is 9.59 Å². The van der Waals surface area contributed by atoms with Crippen LogP contribution in [0.5, 0.6) is 17.2 Å². The number of hydrogen-bond donors (Lipinski definition) is 1. The van der Waals surface area contributed by atoms with Crippen LogP contribution in [0.25, 0.3) is 0 Å². The van der Waals surface area contributed by atoms with Crippen LogP contribution < -0.4 is 24.4 Å². The highest BCUT2D eigenvalue weighted by Gasteiger charge is 2.26. The molecular formula is C20H22N2O5. The van der Waals surface area contributed by atoms with E-state index in [0.717, 1.165) is 5.56 Å². The van der Waals surface area contributed by atoms with Gasteiger partial charge in [-0.05, 0) is 36.8 Å². The maximum atomic E-state index is 12.4. The van der Waals surface area contributed by atoms with Gasteiger partial charge in [0.25, 0.3) is 5.91 Å². The SMILES string of the molecule is COc1ccc(OC)c(NC(=O)CCN2C(=O)COc3ccc(C)cc32)c1. The van der Waals surface area contributed by atoms with E-state index < -0.39 is 0 Å². The number of aryl methyl sites for hydroxylation is 1. The van der Waals surface area contributed by atoms with E-state index in [-0.39, 0.29) is 31.4 Å². The normalized spacial score (nSPS) is 12.9. The summed E-state index contributed by atoms with van der Waals surface area (Å²) in [4.78, 5) is 26.3. The molecule has 1 heterocycles. The number of amides is 2. The second kappa shape index (κ2) is 7.99. The molecule has 7 nitrogen and oxygen atoms in total. The Bertz CT molecular complexity index is 865. The van der Waals surface area contributed by atoms with Crippen LogP contribution in [0.4, 0.5) is 11.4 Å². The zero-order valence-corrected chi connectivity index (χ0v) is 15.6. The molecule has 2 aromatic rings. The molecule has 27 heavy (non-hydrogen) atoms. The second-order valence-corrected chi connectivity index (χ2v) is 6.17. The summed E-state index contributed by atoms with van der Waals surface area (Å²) in [6.07, 6.45) is 0.138. The molecule has 7 heteroatoms. The van der Waals surface area contributed by atoms with Crippen molar-refractivity contribution in [1.29, 1.82) is 0 Å². The highest BCUT2D eigenvalue weighted by atomic mass is 16.5. The quantitative estimate of drug-likeness (QED) is 0.846. The first kappa shape index (κ1) is 18.6. The van der Waals surface area contributed by atoms with Gasteiger partial charge >= 0.3 is 0 Å². The molecule has 142 valence electrons. The zero-order valence-electron chi connectivity index (χ0n) is 15.6. The molecule has 0 aliphatic carbocycles. The molecule has 0 unspecified atom stereocenters. The fourth-order valence-corrected chi connectivity index (χ4v) is 2.90. The summed E-state index contributed by atoms with van der Waals surface area (Å²) in [5, 5.41) is 2.81. The molecule has 1 N–H and O–H groups in total. The largest absolute Gasteiger partial charge is 0.497 e. The average molecular weight is 370 g/mol. The van der Waals surface area contributed by atoms with Gasteiger partial charge < -0.3 is 24.4 Å².